The molecule has 0 aliphatic rings. The van der Waals surface area contributed by atoms with Gasteiger partial charge in [-0.25, -0.2) is 23.1 Å². The number of aromatic nitrogens is 4. The first-order valence-electron chi connectivity index (χ1n) is 9.57. The number of imidazole rings is 1. The molecule has 0 fully saturated rings. The standard InChI is InChI=1S/C22H20F2N4O2/c1-14(2)11-27-21(29)19-20(28(22(27)30)17-8-5-7-16(23)10-17)25-13-26(19)12-15-6-3-4-9-18(15)24/h3-10,13-14H,11-12H2,1-2H3. The van der Waals surface area contributed by atoms with E-state index in [0.717, 1.165) is 4.57 Å². The molecule has 0 radical (unpaired) electrons. The largest absolute Gasteiger partial charge is 0.337 e. The zero-order valence-corrected chi connectivity index (χ0v) is 16.5. The highest BCUT2D eigenvalue weighted by molar-refractivity contribution is 5.72. The van der Waals surface area contributed by atoms with Gasteiger partial charge in [-0.15, -0.1) is 0 Å². The van der Waals surface area contributed by atoms with E-state index in [9.17, 15) is 18.4 Å². The van der Waals surface area contributed by atoms with Crippen molar-refractivity contribution in [2.75, 3.05) is 0 Å². The fourth-order valence-electron chi connectivity index (χ4n) is 3.48. The Labute approximate surface area is 170 Å². The minimum absolute atomic E-state index is 0.0248. The Morgan fingerprint density at radius 3 is 2.50 bits per heavy atom. The first kappa shape index (κ1) is 19.8. The van der Waals surface area contributed by atoms with E-state index in [1.165, 1.54) is 39.7 Å². The van der Waals surface area contributed by atoms with Gasteiger partial charge in [-0.1, -0.05) is 38.1 Å². The summed E-state index contributed by atoms with van der Waals surface area (Å²) in [5, 5.41) is 0. The third kappa shape index (κ3) is 3.45. The number of nitrogens with zero attached hydrogens (tertiary/aromatic N) is 4. The van der Waals surface area contributed by atoms with Gasteiger partial charge in [0.2, 0.25) is 0 Å². The van der Waals surface area contributed by atoms with E-state index in [1.807, 2.05) is 13.8 Å². The van der Waals surface area contributed by atoms with E-state index in [4.69, 9.17) is 0 Å². The van der Waals surface area contributed by atoms with Crippen LogP contribution in [0.25, 0.3) is 16.9 Å². The highest BCUT2D eigenvalue weighted by Gasteiger charge is 2.20. The van der Waals surface area contributed by atoms with Gasteiger partial charge in [0.1, 0.15) is 11.6 Å². The van der Waals surface area contributed by atoms with Crippen molar-refractivity contribution >= 4 is 11.2 Å². The summed E-state index contributed by atoms with van der Waals surface area (Å²) in [4.78, 5) is 30.6. The molecule has 0 unspecified atom stereocenters. The third-order valence-corrected chi connectivity index (χ3v) is 4.81. The van der Waals surface area contributed by atoms with Gasteiger partial charge in [0.05, 0.1) is 18.6 Å². The normalized spacial score (nSPS) is 11.5. The monoisotopic (exact) mass is 410 g/mol. The molecule has 2 heterocycles. The predicted octanol–water partition coefficient (Wildman–Crippen LogP) is 3.33. The van der Waals surface area contributed by atoms with Crippen LogP contribution in [-0.2, 0) is 13.1 Å². The van der Waals surface area contributed by atoms with E-state index in [0.29, 0.717) is 5.56 Å². The van der Waals surface area contributed by atoms with Crippen molar-refractivity contribution in [2.24, 2.45) is 5.92 Å². The first-order valence-corrected chi connectivity index (χ1v) is 9.57. The Morgan fingerprint density at radius 1 is 1.03 bits per heavy atom. The molecule has 30 heavy (non-hydrogen) atoms. The van der Waals surface area contributed by atoms with Gasteiger partial charge in [0, 0.05) is 12.1 Å². The van der Waals surface area contributed by atoms with Gasteiger partial charge in [-0.2, -0.15) is 0 Å². The highest BCUT2D eigenvalue weighted by atomic mass is 19.1. The first-order chi connectivity index (χ1) is 14.4. The molecular formula is C22H20F2N4O2. The van der Waals surface area contributed by atoms with Gasteiger partial charge in [-0.05, 0) is 30.2 Å². The van der Waals surface area contributed by atoms with Crippen LogP contribution in [0.4, 0.5) is 8.78 Å². The minimum atomic E-state index is -0.594. The summed E-state index contributed by atoms with van der Waals surface area (Å²) in [7, 11) is 0. The molecule has 0 aliphatic heterocycles. The van der Waals surface area contributed by atoms with Crippen molar-refractivity contribution in [1.29, 1.82) is 0 Å². The quantitative estimate of drug-likeness (QED) is 0.507. The summed E-state index contributed by atoms with van der Waals surface area (Å²) in [6, 6.07) is 11.8. The second kappa shape index (κ2) is 7.70. The molecule has 0 saturated heterocycles. The van der Waals surface area contributed by atoms with Gasteiger partial charge in [0.15, 0.2) is 11.2 Å². The molecule has 0 spiro atoms. The van der Waals surface area contributed by atoms with Gasteiger partial charge in [0.25, 0.3) is 5.56 Å². The molecule has 0 saturated carbocycles. The maximum absolute atomic E-state index is 14.2. The van der Waals surface area contributed by atoms with Crippen molar-refractivity contribution in [3.63, 3.8) is 0 Å². The van der Waals surface area contributed by atoms with Crippen LogP contribution in [0.15, 0.2) is 64.4 Å². The average molecular weight is 410 g/mol. The average Bonchev–Trinajstić information content (AvgIpc) is 3.10. The van der Waals surface area contributed by atoms with E-state index in [-0.39, 0.29) is 35.9 Å². The summed E-state index contributed by atoms with van der Waals surface area (Å²) in [6.45, 7) is 4.04. The molecule has 2 aromatic carbocycles. The minimum Gasteiger partial charge on any atom is -0.320 e. The van der Waals surface area contributed by atoms with E-state index in [2.05, 4.69) is 4.98 Å². The third-order valence-electron chi connectivity index (χ3n) is 4.81. The number of hydrogen-bond donors (Lipinski definition) is 0. The van der Waals surface area contributed by atoms with Gasteiger partial charge < -0.3 is 4.57 Å². The molecule has 0 N–H and O–H groups in total. The van der Waals surface area contributed by atoms with Gasteiger partial charge in [-0.3, -0.25) is 9.36 Å². The maximum Gasteiger partial charge on any atom is 0.337 e. The van der Waals surface area contributed by atoms with Gasteiger partial charge >= 0.3 is 5.69 Å². The Hall–Kier alpha value is -3.55. The van der Waals surface area contributed by atoms with E-state index in [1.54, 1.807) is 24.3 Å². The molecule has 2 aromatic heterocycles. The number of hydrogen-bond acceptors (Lipinski definition) is 3. The summed E-state index contributed by atoms with van der Waals surface area (Å²) >= 11 is 0. The molecule has 4 rings (SSSR count). The fraction of sp³-hybridized carbons (Fsp3) is 0.227. The molecule has 8 heteroatoms. The number of fused-ring (bicyclic) bond motifs is 1. The lowest BCUT2D eigenvalue weighted by Crippen LogP contribution is -2.41. The Balaban J connectivity index is 2.02. The number of halogens is 2. The summed E-state index contributed by atoms with van der Waals surface area (Å²) in [5.41, 5.74) is -0.198. The van der Waals surface area contributed by atoms with Crippen molar-refractivity contribution in [1.82, 2.24) is 18.7 Å². The van der Waals surface area contributed by atoms with Crippen molar-refractivity contribution in [2.45, 2.75) is 26.9 Å². The van der Waals surface area contributed by atoms with E-state index >= 15 is 0 Å². The smallest absolute Gasteiger partial charge is 0.320 e. The molecular weight excluding hydrogens is 390 g/mol. The molecule has 0 bridgehead atoms. The lowest BCUT2D eigenvalue weighted by Gasteiger charge is -2.14. The van der Waals surface area contributed by atoms with Crippen LogP contribution in [-0.4, -0.2) is 18.7 Å². The van der Waals surface area contributed by atoms with E-state index < -0.39 is 22.9 Å². The van der Waals surface area contributed by atoms with Crippen LogP contribution in [0.2, 0.25) is 0 Å². The maximum atomic E-state index is 14.2. The van der Waals surface area contributed by atoms with Crippen LogP contribution in [0.3, 0.4) is 0 Å². The molecule has 6 nitrogen and oxygen atoms in total. The summed E-state index contributed by atoms with van der Waals surface area (Å²) in [6.07, 6.45) is 1.40. The topological polar surface area (TPSA) is 61.8 Å². The Bertz CT molecular complexity index is 1350. The van der Waals surface area contributed by atoms with Crippen LogP contribution < -0.4 is 11.2 Å². The second-order valence-electron chi connectivity index (χ2n) is 7.54. The Kier molecular flexibility index (Phi) is 5.07. The number of rotatable bonds is 5. The predicted molar refractivity (Wildman–Crippen MR) is 110 cm³/mol. The molecule has 4 aromatic rings. The molecule has 0 atom stereocenters. The van der Waals surface area contributed by atoms with Crippen LogP contribution in [0.5, 0.6) is 0 Å². The van der Waals surface area contributed by atoms with Crippen LogP contribution in [0, 0.1) is 17.6 Å². The molecule has 154 valence electrons. The highest BCUT2D eigenvalue weighted by Crippen LogP contribution is 2.17. The summed E-state index contributed by atoms with van der Waals surface area (Å²) in [5.74, 6) is -0.892. The SMILES string of the molecule is CC(C)Cn1c(=O)c2c(ncn2Cc2ccccc2F)n(-c2cccc(F)c2)c1=O. The zero-order chi connectivity index (χ0) is 21.4. The lowest BCUT2D eigenvalue weighted by molar-refractivity contribution is 0.488. The second-order valence-corrected chi connectivity index (χ2v) is 7.54. The number of benzene rings is 2. The van der Waals surface area contributed by atoms with Crippen molar-refractivity contribution in [3.8, 4) is 5.69 Å². The van der Waals surface area contributed by atoms with Crippen molar-refractivity contribution < 1.29 is 8.78 Å². The Morgan fingerprint density at radius 2 is 1.80 bits per heavy atom. The zero-order valence-electron chi connectivity index (χ0n) is 16.5. The lowest BCUT2D eigenvalue weighted by atomic mass is 10.2. The van der Waals surface area contributed by atoms with Crippen LogP contribution >= 0.6 is 0 Å². The molecule has 0 amide bonds. The molecule has 0 aliphatic carbocycles. The summed E-state index contributed by atoms with van der Waals surface area (Å²) < 4.78 is 31.9. The van der Waals surface area contributed by atoms with Crippen LogP contribution in [0.1, 0.15) is 19.4 Å². The van der Waals surface area contributed by atoms with Crippen molar-refractivity contribution in [3.05, 3.63) is 92.9 Å². The fourth-order valence-corrected chi connectivity index (χ4v) is 3.48.